The average Bonchev–Trinajstić information content (AvgIpc) is 2.41. The summed E-state index contributed by atoms with van der Waals surface area (Å²) in [6, 6.07) is 6.93. The Morgan fingerprint density at radius 3 is 2.57 bits per heavy atom. The summed E-state index contributed by atoms with van der Waals surface area (Å²) in [6.07, 6.45) is 0. The van der Waals surface area contributed by atoms with Crippen LogP contribution in [0.3, 0.4) is 0 Å². The van der Waals surface area contributed by atoms with Crippen LogP contribution < -0.4 is 5.32 Å². The lowest BCUT2D eigenvalue weighted by atomic mass is 10.2. The van der Waals surface area contributed by atoms with Crippen LogP contribution in [0.4, 0.5) is 11.5 Å². The van der Waals surface area contributed by atoms with Crippen LogP contribution in [0, 0.1) is 10.1 Å². The Morgan fingerprint density at radius 1 is 1.24 bits per heavy atom. The molecule has 0 radical (unpaired) electrons. The van der Waals surface area contributed by atoms with Crippen molar-refractivity contribution >= 4 is 52.2 Å². The number of benzene rings is 1. The maximum Gasteiger partial charge on any atom is 0.290 e. The Balaban J connectivity index is 2.33. The number of amides is 1. The lowest BCUT2D eigenvalue weighted by Gasteiger charge is -2.06. The summed E-state index contributed by atoms with van der Waals surface area (Å²) in [7, 11) is 0. The minimum Gasteiger partial charge on any atom is -0.307 e. The molecule has 0 aliphatic heterocycles. The van der Waals surface area contributed by atoms with Gasteiger partial charge in [0.15, 0.2) is 0 Å². The van der Waals surface area contributed by atoms with E-state index in [1.165, 1.54) is 12.1 Å². The molecule has 2 rings (SSSR count). The van der Waals surface area contributed by atoms with Gasteiger partial charge >= 0.3 is 0 Å². The van der Waals surface area contributed by atoms with E-state index in [2.05, 4.69) is 10.3 Å². The third-order valence-corrected chi connectivity index (χ3v) is 3.43. The number of pyridine rings is 1. The molecule has 21 heavy (non-hydrogen) atoms. The minimum absolute atomic E-state index is 0.0159. The van der Waals surface area contributed by atoms with Gasteiger partial charge in [0.1, 0.15) is 16.0 Å². The van der Waals surface area contributed by atoms with Crippen LogP contribution in [-0.4, -0.2) is 15.8 Å². The lowest BCUT2D eigenvalue weighted by molar-refractivity contribution is -0.384. The highest BCUT2D eigenvalue weighted by Gasteiger charge is 2.20. The number of nitro groups is 1. The number of hydrogen-bond donors (Lipinski definition) is 1. The number of nitrogens with zero attached hydrogens (tertiary/aromatic N) is 2. The normalized spacial score (nSPS) is 10.2. The zero-order valence-electron chi connectivity index (χ0n) is 10.1. The highest BCUT2D eigenvalue weighted by atomic mass is 35.5. The quantitative estimate of drug-likeness (QED) is 0.512. The number of nitrogens with one attached hydrogen (secondary N) is 1. The van der Waals surface area contributed by atoms with E-state index in [0.29, 0.717) is 0 Å². The molecule has 1 aromatic carbocycles. The second-order valence-corrected chi connectivity index (χ2v) is 5.02. The van der Waals surface area contributed by atoms with Crippen LogP contribution in [0.2, 0.25) is 15.2 Å². The summed E-state index contributed by atoms with van der Waals surface area (Å²) in [5, 5.41) is 13.2. The Kier molecular flexibility index (Phi) is 4.62. The fourth-order valence-electron chi connectivity index (χ4n) is 1.50. The molecule has 0 saturated carbocycles. The van der Waals surface area contributed by atoms with Gasteiger partial charge < -0.3 is 5.32 Å². The van der Waals surface area contributed by atoms with Crippen LogP contribution in [0.15, 0.2) is 30.3 Å². The van der Waals surface area contributed by atoms with Gasteiger partial charge in [-0.15, -0.1) is 0 Å². The highest BCUT2D eigenvalue weighted by Crippen LogP contribution is 2.33. The number of anilines is 1. The van der Waals surface area contributed by atoms with Gasteiger partial charge in [0, 0.05) is 11.6 Å². The van der Waals surface area contributed by atoms with E-state index in [4.69, 9.17) is 34.8 Å². The fraction of sp³-hybridized carbons (Fsp3) is 0. The SMILES string of the molecule is O=C(Nc1cccc(Cl)n1)c1cc(Cl)c(Cl)c([N+](=O)[O-])c1. The van der Waals surface area contributed by atoms with Crippen LogP contribution in [0.1, 0.15) is 10.4 Å². The van der Waals surface area contributed by atoms with Gasteiger partial charge in [0.05, 0.1) is 9.95 Å². The average molecular weight is 347 g/mol. The van der Waals surface area contributed by atoms with Crippen LogP contribution >= 0.6 is 34.8 Å². The highest BCUT2D eigenvalue weighted by molar-refractivity contribution is 6.43. The number of carbonyl (C=O) groups is 1. The van der Waals surface area contributed by atoms with Crippen molar-refractivity contribution in [2.75, 3.05) is 5.32 Å². The molecule has 1 amide bonds. The van der Waals surface area contributed by atoms with Crippen molar-refractivity contribution in [3.63, 3.8) is 0 Å². The van der Waals surface area contributed by atoms with Crippen molar-refractivity contribution in [2.45, 2.75) is 0 Å². The van der Waals surface area contributed by atoms with Crippen molar-refractivity contribution in [3.8, 4) is 0 Å². The molecule has 0 atom stereocenters. The summed E-state index contributed by atoms with van der Waals surface area (Å²) in [5.74, 6) is -0.410. The molecular formula is C12H6Cl3N3O3. The molecule has 0 spiro atoms. The van der Waals surface area contributed by atoms with Gasteiger partial charge in [-0.05, 0) is 18.2 Å². The Bertz CT molecular complexity index is 737. The third kappa shape index (κ3) is 3.60. The van der Waals surface area contributed by atoms with E-state index in [0.717, 1.165) is 6.07 Å². The van der Waals surface area contributed by atoms with Crippen molar-refractivity contribution in [1.82, 2.24) is 4.98 Å². The number of hydrogen-bond acceptors (Lipinski definition) is 4. The zero-order chi connectivity index (χ0) is 15.6. The second-order valence-electron chi connectivity index (χ2n) is 3.85. The van der Waals surface area contributed by atoms with Gasteiger partial charge in [-0.25, -0.2) is 4.98 Å². The second kappa shape index (κ2) is 6.26. The number of halogens is 3. The van der Waals surface area contributed by atoms with Gasteiger partial charge in [-0.3, -0.25) is 14.9 Å². The smallest absolute Gasteiger partial charge is 0.290 e. The molecule has 1 N–H and O–H groups in total. The van der Waals surface area contributed by atoms with E-state index in [1.807, 2.05) is 0 Å². The van der Waals surface area contributed by atoms with Crippen LogP contribution in [0.5, 0.6) is 0 Å². The first-order valence-corrected chi connectivity index (χ1v) is 6.59. The Morgan fingerprint density at radius 2 is 1.95 bits per heavy atom. The topological polar surface area (TPSA) is 85.1 Å². The fourth-order valence-corrected chi connectivity index (χ4v) is 2.06. The maximum absolute atomic E-state index is 12.0. The van der Waals surface area contributed by atoms with Crippen molar-refractivity contribution in [1.29, 1.82) is 0 Å². The number of carbonyl (C=O) groups excluding carboxylic acids is 1. The van der Waals surface area contributed by atoms with E-state index in [-0.39, 0.29) is 26.6 Å². The molecule has 0 aliphatic carbocycles. The van der Waals surface area contributed by atoms with Crippen molar-refractivity contribution < 1.29 is 9.72 Å². The molecule has 0 unspecified atom stereocenters. The Hall–Kier alpha value is -1.89. The number of nitro benzene ring substituents is 1. The Labute approximate surface area is 133 Å². The summed E-state index contributed by atoms with van der Waals surface area (Å²) >= 11 is 17.2. The maximum atomic E-state index is 12.0. The van der Waals surface area contributed by atoms with Crippen LogP contribution in [0.25, 0.3) is 0 Å². The predicted octanol–water partition coefficient (Wildman–Crippen LogP) is 4.20. The number of aromatic nitrogens is 1. The first-order chi connectivity index (χ1) is 9.88. The molecule has 1 heterocycles. The largest absolute Gasteiger partial charge is 0.307 e. The summed E-state index contributed by atoms with van der Waals surface area (Å²) in [5.41, 5.74) is -0.466. The molecule has 2 aromatic rings. The lowest BCUT2D eigenvalue weighted by Crippen LogP contribution is -2.13. The minimum atomic E-state index is -0.720. The van der Waals surface area contributed by atoms with Crippen molar-refractivity contribution in [3.05, 3.63) is 61.2 Å². The summed E-state index contributed by atoms with van der Waals surface area (Å²) in [4.78, 5) is 26.1. The molecule has 6 nitrogen and oxygen atoms in total. The van der Waals surface area contributed by atoms with Gasteiger partial charge in [0.2, 0.25) is 0 Å². The molecule has 0 aliphatic rings. The molecule has 108 valence electrons. The molecule has 0 bridgehead atoms. The molecule has 0 fully saturated rings. The zero-order valence-corrected chi connectivity index (χ0v) is 12.4. The molecule has 1 aromatic heterocycles. The molecule has 0 saturated heterocycles. The first-order valence-electron chi connectivity index (χ1n) is 5.46. The van der Waals surface area contributed by atoms with Crippen LogP contribution in [-0.2, 0) is 0 Å². The van der Waals surface area contributed by atoms with E-state index < -0.39 is 16.5 Å². The number of rotatable bonds is 3. The van der Waals surface area contributed by atoms with E-state index in [1.54, 1.807) is 12.1 Å². The summed E-state index contributed by atoms with van der Waals surface area (Å²) in [6.45, 7) is 0. The van der Waals surface area contributed by atoms with Gasteiger partial charge in [0.25, 0.3) is 11.6 Å². The first kappa shape index (κ1) is 15.5. The standard InChI is InChI=1S/C12H6Cl3N3O3/c13-7-4-6(5-8(11(7)15)18(20)21)12(19)17-10-3-1-2-9(14)16-10/h1-5H,(H,16,17,19). The van der Waals surface area contributed by atoms with Crippen molar-refractivity contribution in [2.24, 2.45) is 0 Å². The van der Waals surface area contributed by atoms with Gasteiger partial charge in [-0.1, -0.05) is 40.9 Å². The van der Waals surface area contributed by atoms with Gasteiger partial charge in [-0.2, -0.15) is 0 Å². The van der Waals surface area contributed by atoms with E-state index in [9.17, 15) is 14.9 Å². The predicted molar refractivity (Wildman–Crippen MR) is 80.3 cm³/mol. The van der Waals surface area contributed by atoms with E-state index >= 15 is 0 Å². The molecule has 9 heteroatoms. The molecular weight excluding hydrogens is 341 g/mol. The third-order valence-electron chi connectivity index (χ3n) is 2.42. The summed E-state index contributed by atoms with van der Waals surface area (Å²) < 4.78 is 0. The monoisotopic (exact) mass is 345 g/mol.